The summed E-state index contributed by atoms with van der Waals surface area (Å²) >= 11 is 0. The molecule has 4 nitrogen and oxygen atoms in total. The maximum absolute atomic E-state index is 15.6. The Morgan fingerprint density at radius 2 is 0.695 bits per heavy atom. The molecular formula is C72H54F6N2O2. The monoisotopic (exact) mass is 1090 g/mol. The first-order chi connectivity index (χ1) is 39.4. The number of hydrogen-bond donors (Lipinski definition) is 0. The molecule has 0 amide bonds. The SMILES string of the molecule is CC(C)c1cccc2c1oc1c(N(c3ccc4c(c3)-c3cc(N(c5ccccc5C(F)(F)F)c5cccc6c5oc5c(C(C)C)cccc56)ccc3C43c4ccccc4C(C)(C)c4ccccc43)c3ccccc3C(F)(F)F)cccc12. The molecule has 82 heavy (non-hydrogen) atoms. The van der Waals surface area contributed by atoms with Crippen molar-refractivity contribution in [1.29, 1.82) is 0 Å². The Morgan fingerprint density at radius 3 is 1.09 bits per heavy atom. The molecular weight excluding hydrogens is 1040 g/mol. The molecule has 2 aromatic heterocycles. The van der Waals surface area contributed by atoms with E-state index in [1.165, 1.54) is 24.3 Å². The van der Waals surface area contributed by atoms with Gasteiger partial charge in [-0.2, -0.15) is 26.3 Å². The predicted octanol–water partition coefficient (Wildman–Crippen LogP) is 21.7. The first-order valence-electron chi connectivity index (χ1n) is 27.7. The third-order valence-electron chi connectivity index (χ3n) is 17.3. The quantitative estimate of drug-likeness (QED) is 0.142. The van der Waals surface area contributed by atoms with Crippen LogP contribution in [0.25, 0.3) is 55.0 Å². The molecule has 10 heteroatoms. The van der Waals surface area contributed by atoms with E-state index in [0.29, 0.717) is 56.2 Å². The summed E-state index contributed by atoms with van der Waals surface area (Å²) < 4.78 is 108. The third-order valence-corrected chi connectivity index (χ3v) is 17.3. The zero-order valence-corrected chi connectivity index (χ0v) is 45.8. The average Bonchev–Trinajstić information content (AvgIpc) is 2.96. The minimum absolute atomic E-state index is 0.0895. The molecule has 0 atom stereocenters. The van der Waals surface area contributed by atoms with Crippen LogP contribution >= 0.6 is 0 Å². The first-order valence-corrected chi connectivity index (χ1v) is 27.7. The highest BCUT2D eigenvalue weighted by molar-refractivity contribution is 6.13. The number of halogens is 6. The standard InChI is InChI=1S/C72H54F6N2O2/c1-41(2)45-19-15-21-47-49-23-17-33-63(67(49)81-65(45)47)79(61-31-13-11-29-59(61)71(73,74)75)43-35-37-53-51(39-43)52-40-44(36-38-54(52)70(53)57-27-9-7-25-55(57)69(5,6)56-26-8-10-28-58(56)70)80(62-32-14-12-30-60(62)72(76,77)78)64-34-18-24-50-48-22-16-20-46(42(3)4)66(48)82-68(50)64/h7-42H,1-6H3. The fourth-order valence-corrected chi connectivity index (χ4v) is 13.7. The van der Waals surface area contributed by atoms with Gasteiger partial charge in [0.25, 0.3) is 0 Å². The van der Waals surface area contributed by atoms with E-state index in [9.17, 15) is 0 Å². The van der Waals surface area contributed by atoms with Gasteiger partial charge in [0.2, 0.25) is 0 Å². The van der Waals surface area contributed by atoms with E-state index in [1.54, 1.807) is 34.1 Å². The van der Waals surface area contributed by atoms with Crippen molar-refractivity contribution in [2.75, 3.05) is 9.80 Å². The van der Waals surface area contributed by atoms with Gasteiger partial charge in [0.15, 0.2) is 11.2 Å². The van der Waals surface area contributed by atoms with Crippen molar-refractivity contribution in [3.63, 3.8) is 0 Å². The van der Waals surface area contributed by atoms with Crippen LogP contribution in [0.15, 0.2) is 215 Å². The number of fused-ring (bicyclic) bond motifs is 15. The second kappa shape index (κ2) is 18.2. The molecule has 406 valence electrons. The molecule has 0 saturated carbocycles. The van der Waals surface area contributed by atoms with Crippen LogP contribution in [-0.2, 0) is 23.2 Å². The van der Waals surface area contributed by atoms with Crippen LogP contribution in [0.3, 0.4) is 0 Å². The predicted molar refractivity (Wildman–Crippen MR) is 318 cm³/mol. The lowest BCUT2D eigenvalue weighted by molar-refractivity contribution is -0.137. The summed E-state index contributed by atoms with van der Waals surface area (Å²) in [5.74, 6) is 0.179. The molecule has 0 saturated heterocycles. The summed E-state index contributed by atoms with van der Waals surface area (Å²) in [7, 11) is 0. The van der Waals surface area contributed by atoms with Gasteiger partial charge in [0.05, 0.1) is 39.3 Å². The summed E-state index contributed by atoms with van der Waals surface area (Å²) in [6.45, 7) is 12.8. The van der Waals surface area contributed by atoms with E-state index >= 15 is 26.3 Å². The summed E-state index contributed by atoms with van der Waals surface area (Å²) in [5.41, 5.74) is 9.70. The summed E-state index contributed by atoms with van der Waals surface area (Å²) in [6, 6.07) is 62.8. The Kier molecular flexibility index (Phi) is 11.4. The fraction of sp³-hybridized carbons (Fsp3) is 0.167. The Balaban J connectivity index is 1.09. The minimum atomic E-state index is -4.76. The Bertz CT molecular complexity index is 4290. The van der Waals surface area contributed by atoms with Gasteiger partial charge in [0, 0.05) is 38.3 Å². The molecule has 0 N–H and O–H groups in total. The molecule has 0 bridgehead atoms. The number of para-hydroxylation sites is 6. The molecule has 12 aromatic rings. The van der Waals surface area contributed by atoms with Gasteiger partial charge in [-0.3, -0.25) is 0 Å². The maximum atomic E-state index is 15.6. The number of rotatable bonds is 8. The largest absolute Gasteiger partial charge is 0.454 e. The summed E-state index contributed by atoms with van der Waals surface area (Å²) in [5, 5.41) is 3.18. The molecule has 0 unspecified atom stereocenters. The lowest BCUT2D eigenvalue weighted by Crippen LogP contribution is -2.40. The van der Waals surface area contributed by atoms with Gasteiger partial charge < -0.3 is 18.6 Å². The number of furan rings is 2. The van der Waals surface area contributed by atoms with E-state index in [2.05, 4.69) is 65.8 Å². The number of nitrogens with zero attached hydrogens (tertiary/aromatic N) is 2. The number of alkyl halides is 6. The van der Waals surface area contributed by atoms with E-state index in [4.69, 9.17) is 8.83 Å². The van der Waals surface area contributed by atoms with Crippen LogP contribution in [-0.4, -0.2) is 0 Å². The topological polar surface area (TPSA) is 32.8 Å². The van der Waals surface area contributed by atoms with E-state index in [0.717, 1.165) is 78.2 Å². The maximum Gasteiger partial charge on any atom is 0.418 e. The molecule has 1 spiro atoms. The number of benzene rings is 10. The van der Waals surface area contributed by atoms with Crippen molar-refractivity contribution in [2.45, 2.75) is 76.6 Å². The zero-order chi connectivity index (χ0) is 56.8. The molecule has 0 fully saturated rings. The average molecular weight is 1090 g/mol. The fourth-order valence-electron chi connectivity index (χ4n) is 13.7. The lowest BCUT2D eigenvalue weighted by Gasteiger charge is -2.46. The lowest BCUT2D eigenvalue weighted by atomic mass is 9.55. The smallest absolute Gasteiger partial charge is 0.418 e. The van der Waals surface area contributed by atoms with Crippen molar-refractivity contribution in [1.82, 2.24) is 0 Å². The van der Waals surface area contributed by atoms with Crippen molar-refractivity contribution in [2.24, 2.45) is 0 Å². The second-order valence-corrected chi connectivity index (χ2v) is 22.9. The van der Waals surface area contributed by atoms with Gasteiger partial charge in [-0.05, 0) is 128 Å². The summed E-state index contributed by atoms with van der Waals surface area (Å²) in [6.07, 6.45) is -9.53. The van der Waals surface area contributed by atoms with Gasteiger partial charge in [-0.1, -0.05) is 187 Å². The van der Waals surface area contributed by atoms with Crippen LogP contribution in [0, 0.1) is 0 Å². The molecule has 0 aliphatic heterocycles. The van der Waals surface area contributed by atoms with Crippen LogP contribution < -0.4 is 9.80 Å². The molecule has 0 radical (unpaired) electrons. The highest BCUT2D eigenvalue weighted by Gasteiger charge is 2.54. The van der Waals surface area contributed by atoms with Crippen molar-refractivity contribution in [3.8, 4) is 11.1 Å². The zero-order valence-electron chi connectivity index (χ0n) is 45.8. The third kappa shape index (κ3) is 7.38. The minimum Gasteiger partial charge on any atom is -0.454 e. The van der Waals surface area contributed by atoms with Crippen molar-refractivity contribution in [3.05, 3.63) is 262 Å². The van der Waals surface area contributed by atoms with E-state index in [1.807, 2.05) is 121 Å². The molecule has 14 rings (SSSR count). The van der Waals surface area contributed by atoms with Gasteiger partial charge in [-0.15, -0.1) is 0 Å². The number of anilines is 6. The molecule has 2 aliphatic carbocycles. The van der Waals surface area contributed by atoms with Crippen molar-refractivity contribution < 1.29 is 35.2 Å². The van der Waals surface area contributed by atoms with Gasteiger partial charge in [-0.25, -0.2) is 0 Å². The van der Waals surface area contributed by atoms with Crippen LogP contribution in [0.5, 0.6) is 0 Å². The van der Waals surface area contributed by atoms with Crippen LogP contribution in [0.4, 0.5) is 60.5 Å². The number of hydrogen-bond acceptors (Lipinski definition) is 4. The van der Waals surface area contributed by atoms with Crippen LogP contribution in [0.1, 0.15) is 109 Å². The van der Waals surface area contributed by atoms with Gasteiger partial charge >= 0.3 is 12.4 Å². The molecule has 10 aromatic carbocycles. The Labute approximate surface area is 470 Å². The van der Waals surface area contributed by atoms with E-state index < -0.39 is 34.3 Å². The second-order valence-electron chi connectivity index (χ2n) is 22.9. The van der Waals surface area contributed by atoms with E-state index in [-0.39, 0.29) is 23.2 Å². The Morgan fingerprint density at radius 1 is 0.354 bits per heavy atom. The molecule has 2 aliphatic rings. The summed E-state index contributed by atoms with van der Waals surface area (Å²) in [4.78, 5) is 3.28. The van der Waals surface area contributed by atoms with Crippen molar-refractivity contribution >= 4 is 78.0 Å². The first kappa shape index (κ1) is 51.1. The van der Waals surface area contributed by atoms with Gasteiger partial charge in [0.1, 0.15) is 11.2 Å². The molecule has 2 heterocycles. The normalized spacial score (nSPS) is 14.3. The highest BCUT2D eigenvalue weighted by atomic mass is 19.4. The highest BCUT2D eigenvalue weighted by Crippen LogP contribution is 2.64. The Hall–Kier alpha value is -9.02. The van der Waals surface area contributed by atoms with Crippen LogP contribution in [0.2, 0.25) is 0 Å².